The maximum Gasteiger partial charge on any atom is 0.263 e. The lowest BCUT2D eigenvalue weighted by Crippen LogP contribution is -2.31. The van der Waals surface area contributed by atoms with Crippen molar-refractivity contribution in [2.75, 3.05) is 7.05 Å². The highest BCUT2D eigenvalue weighted by Crippen LogP contribution is 2.06. The number of pyridine rings is 1. The monoisotopic (exact) mass is 270 g/mol. The van der Waals surface area contributed by atoms with Crippen molar-refractivity contribution in [2.24, 2.45) is 0 Å². The third-order valence-corrected chi connectivity index (χ3v) is 3.22. The molecule has 0 saturated carbocycles. The van der Waals surface area contributed by atoms with Gasteiger partial charge in [-0.15, -0.1) is 0 Å². The molecular formula is C16H18N2O2. The van der Waals surface area contributed by atoms with Gasteiger partial charge < -0.3 is 9.88 Å². The number of carbonyl (C=O) groups is 1. The molecule has 20 heavy (non-hydrogen) atoms. The molecule has 0 saturated heterocycles. The number of carbonyl (C=O) groups excluding carboxylic acids is 1. The number of aryl methyl sites for hydroxylation is 1. The van der Waals surface area contributed by atoms with Gasteiger partial charge in [-0.3, -0.25) is 9.59 Å². The van der Waals surface area contributed by atoms with Gasteiger partial charge in [0.1, 0.15) is 5.56 Å². The Kier molecular flexibility index (Phi) is 4.35. The molecule has 1 amide bonds. The highest BCUT2D eigenvalue weighted by molar-refractivity contribution is 5.93. The Hall–Kier alpha value is -2.36. The van der Waals surface area contributed by atoms with E-state index in [2.05, 4.69) is 5.32 Å². The summed E-state index contributed by atoms with van der Waals surface area (Å²) in [6.07, 6.45) is 2.60. The molecule has 0 aliphatic carbocycles. The van der Waals surface area contributed by atoms with E-state index in [-0.39, 0.29) is 17.0 Å². The van der Waals surface area contributed by atoms with Crippen LogP contribution in [0.3, 0.4) is 0 Å². The molecule has 1 heterocycles. The van der Waals surface area contributed by atoms with Gasteiger partial charge in [0.15, 0.2) is 0 Å². The first-order valence-corrected chi connectivity index (χ1v) is 6.65. The Labute approximate surface area is 118 Å². The molecule has 0 unspecified atom stereocenters. The normalized spacial score (nSPS) is 10.3. The molecule has 0 spiro atoms. The summed E-state index contributed by atoms with van der Waals surface area (Å²) in [6, 6.07) is 11.4. The minimum absolute atomic E-state index is 0.197. The van der Waals surface area contributed by atoms with Crippen LogP contribution in [0, 0.1) is 0 Å². The lowest BCUT2D eigenvalue weighted by Gasteiger charge is -2.10. The second-order valence-corrected chi connectivity index (χ2v) is 4.61. The fourth-order valence-electron chi connectivity index (χ4n) is 2.09. The summed E-state index contributed by atoms with van der Waals surface area (Å²) >= 11 is 0. The predicted molar refractivity (Wildman–Crippen MR) is 79.0 cm³/mol. The third kappa shape index (κ3) is 2.96. The van der Waals surface area contributed by atoms with Gasteiger partial charge in [0.25, 0.3) is 11.5 Å². The fraction of sp³-hybridized carbons (Fsp3) is 0.250. The van der Waals surface area contributed by atoms with Crippen LogP contribution >= 0.6 is 0 Å². The number of nitrogens with zero attached hydrogens (tertiary/aromatic N) is 1. The molecule has 0 aliphatic rings. The number of nitrogens with one attached hydrogen (secondary N) is 1. The van der Waals surface area contributed by atoms with Crippen molar-refractivity contribution in [3.8, 4) is 0 Å². The molecule has 104 valence electrons. The van der Waals surface area contributed by atoms with Crippen molar-refractivity contribution in [3.05, 3.63) is 69.6 Å². The molecule has 0 atom stereocenters. The van der Waals surface area contributed by atoms with E-state index in [0.29, 0.717) is 6.54 Å². The third-order valence-electron chi connectivity index (χ3n) is 3.22. The highest BCUT2D eigenvalue weighted by Gasteiger charge is 2.12. The zero-order valence-electron chi connectivity index (χ0n) is 11.7. The lowest BCUT2D eigenvalue weighted by molar-refractivity contribution is 0.0961. The Morgan fingerprint density at radius 1 is 1.20 bits per heavy atom. The van der Waals surface area contributed by atoms with Crippen LogP contribution in [0.5, 0.6) is 0 Å². The van der Waals surface area contributed by atoms with Crippen LogP contribution in [-0.2, 0) is 13.0 Å². The Balaban J connectivity index is 2.47. The van der Waals surface area contributed by atoms with Gasteiger partial charge in [-0.05, 0) is 23.6 Å². The summed E-state index contributed by atoms with van der Waals surface area (Å²) in [5.41, 5.74) is 1.94. The molecule has 0 aliphatic heterocycles. The highest BCUT2D eigenvalue weighted by atomic mass is 16.2. The van der Waals surface area contributed by atoms with Crippen LogP contribution in [0.25, 0.3) is 0 Å². The SMILES string of the molecule is CCc1cc(C(=O)NC)c(=O)n(Cc2ccccc2)c1. The van der Waals surface area contributed by atoms with Crippen LogP contribution < -0.4 is 10.9 Å². The molecule has 0 fully saturated rings. The second-order valence-electron chi connectivity index (χ2n) is 4.61. The van der Waals surface area contributed by atoms with E-state index >= 15 is 0 Å². The van der Waals surface area contributed by atoms with Crippen LogP contribution in [0.4, 0.5) is 0 Å². The quantitative estimate of drug-likeness (QED) is 0.921. The molecule has 0 bridgehead atoms. The minimum atomic E-state index is -0.341. The zero-order valence-corrected chi connectivity index (χ0v) is 11.7. The molecule has 1 N–H and O–H groups in total. The van der Waals surface area contributed by atoms with Crippen LogP contribution in [0.1, 0.15) is 28.4 Å². The number of hydrogen-bond donors (Lipinski definition) is 1. The Morgan fingerprint density at radius 3 is 2.50 bits per heavy atom. The average Bonchev–Trinajstić information content (AvgIpc) is 2.49. The second kappa shape index (κ2) is 6.19. The van der Waals surface area contributed by atoms with E-state index in [1.807, 2.05) is 43.5 Å². The molecule has 4 nitrogen and oxygen atoms in total. The first-order valence-electron chi connectivity index (χ1n) is 6.65. The molecule has 0 radical (unpaired) electrons. The largest absolute Gasteiger partial charge is 0.355 e. The van der Waals surface area contributed by atoms with Gasteiger partial charge in [0, 0.05) is 13.2 Å². The van der Waals surface area contributed by atoms with Crippen molar-refractivity contribution < 1.29 is 4.79 Å². The molecule has 1 aromatic carbocycles. The van der Waals surface area contributed by atoms with Gasteiger partial charge in [0.2, 0.25) is 0 Å². The number of aromatic nitrogens is 1. The predicted octanol–water partition coefficient (Wildman–Crippen LogP) is 1.82. The molecule has 1 aromatic heterocycles. The van der Waals surface area contributed by atoms with Crippen molar-refractivity contribution in [3.63, 3.8) is 0 Å². The van der Waals surface area contributed by atoms with Crippen molar-refractivity contribution >= 4 is 5.91 Å². The van der Waals surface area contributed by atoms with E-state index in [9.17, 15) is 9.59 Å². The fourth-order valence-corrected chi connectivity index (χ4v) is 2.09. The van der Waals surface area contributed by atoms with Crippen molar-refractivity contribution in [2.45, 2.75) is 19.9 Å². The van der Waals surface area contributed by atoms with Gasteiger partial charge in [-0.25, -0.2) is 0 Å². The molecule has 2 rings (SSSR count). The topological polar surface area (TPSA) is 51.1 Å². The van der Waals surface area contributed by atoms with Gasteiger partial charge in [0.05, 0.1) is 6.54 Å². The summed E-state index contributed by atoms with van der Waals surface area (Å²) in [5, 5.41) is 2.51. The first kappa shape index (κ1) is 14.1. The maximum atomic E-state index is 12.3. The lowest BCUT2D eigenvalue weighted by atomic mass is 10.1. The number of hydrogen-bond acceptors (Lipinski definition) is 2. The minimum Gasteiger partial charge on any atom is -0.355 e. The summed E-state index contributed by atoms with van der Waals surface area (Å²) in [7, 11) is 1.53. The average molecular weight is 270 g/mol. The summed E-state index contributed by atoms with van der Waals surface area (Å²) in [6.45, 7) is 2.47. The Bertz CT molecular complexity index is 660. The van der Waals surface area contributed by atoms with Crippen molar-refractivity contribution in [1.82, 2.24) is 9.88 Å². The van der Waals surface area contributed by atoms with Crippen molar-refractivity contribution in [1.29, 1.82) is 0 Å². The maximum absolute atomic E-state index is 12.3. The first-order chi connectivity index (χ1) is 9.65. The van der Waals surface area contributed by atoms with Gasteiger partial charge in [-0.2, -0.15) is 0 Å². The molecule has 2 aromatic rings. The number of benzene rings is 1. The van der Waals surface area contributed by atoms with E-state index < -0.39 is 0 Å². The standard InChI is InChI=1S/C16H18N2O2/c1-3-12-9-14(15(19)17-2)16(20)18(10-12)11-13-7-5-4-6-8-13/h4-10H,3,11H2,1-2H3,(H,17,19). The molecule has 4 heteroatoms. The van der Waals surface area contributed by atoms with E-state index in [4.69, 9.17) is 0 Å². The number of amides is 1. The van der Waals surface area contributed by atoms with Crippen LogP contribution in [0.15, 0.2) is 47.4 Å². The van der Waals surface area contributed by atoms with E-state index in [0.717, 1.165) is 17.5 Å². The van der Waals surface area contributed by atoms with Crippen LogP contribution in [0.2, 0.25) is 0 Å². The zero-order chi connectivity index (χ0) is 14.5. The molecular weight excluding hydrogens is 252 g/mol. The summed E-state index contributed by atoms with van der Waals surface area (Å²) in [4.78, 5) is 24.1. The van der Waals surface area contributed by atoms with E-state index in [1.54, 1.807) is 10.6 Å². The van der Waals surface area contributed by atoms with E-state index in [1.165, 1.54) is 7.05 Å². The van der Waals surface area contributed by atoms with Gasteiger partial charge in [-0.1, -0.05) is 37.3 Å². The summed E-state index contributed by atoms with van der Waals surface area (Å²) < 4.78 is 1.60. The van der Waals surface area contributed by atoms with Gasteiger partial charge >= 0.3 is 0 Å². The summed E-state index contributed by atoms with van der Waals surface area (Å²) in [5.74, 6) is -0.341. The number of rotatable bonds is 4. The Morgan fingerprint density at radius 2 is 1.90 bits per heavy atom. The van der Waals surface area contributed by atoms with Crippen LogP contribution in [-0.4, -0.2) is 17.5 Å². The smallest absolute Gasteiger partial charge is 0.263 e.